The molecule has 6 heteroatoms. The number of nitrogens with two attached hydrogens (primary N) is 1. The SMILES string of the molecule is CNC(=O)c1cc(OC)ccc1NC(=O)CCN. The molecule has 0 bridgehead atoms. The van der Waals surface area contributed by atoms with Crippen molar-refractivity contribution in [2.24, 2.45) is 5.73 Å². The first kappa shape index (κ1) is 14.0. The second-order valence-corrected chi connectivity index (χ2v) is 3.58. The Balaban J connectivity index is 3.02. The summed E-state index contributed by atoms with van der Waals surface area (Å²) in [6.45, 7) is 0.261. The highest BCUT2D eigenvalue weighted by Crippen LogP contribution is 2.22. The molecule has 0 aliphatic rings. The number of anilines is 1. The molecule has 2 amide bonds. The molecule has 0 heterocycles. The van der Waals surface area contributed by atoms with E-state index < -0.39 is 0 Å². The van der Waals surface area contributed by atoms with E-state index in [9.17, 15) is 9.59 Å². The van der Waals surface area contributed by atoms with Crippen LogP contribution in [0.1, 0.15) is 16.8 Å². The number of nitrogens with one attached hydrogen (secondary N) is 2. The summed E-state index contributed by atoms with van der Waals surface area (Å²) in [5.74, 6) is 0.0233. The van der Waals surface area contributed by atoms with Gasteiger partial charge in [-0.25, -0.2) is 0 Å². The molecule has 6 nitrogen and oxygen atoms in total. The van der Waals surface area contributed by atoms with Gasteiger partial charge in [0.2, 0.25) is 5.91 Å². The number of amides is 2. The van der Waals surface area contributed by atoms with E-state index in [1.165, 1.54) is 14.2 Å². The van der Waals surface area contributed by atoms with Crippen LogP contribution < -0.4 is 21.1 Å². The number of carbonyl (C=O) groups excluding carboxylic acids is 2. The van der Waals surface area contributed by atoms with E-state index in [-0.39, 0.29) is 24.8 Å². The molecule has 0 spiro atoms. The van der Waals surface area contributed by atoms with Gasteiger partial charge in [-0.2, -0.15) is 0 Å². The average Bonchev–Trinajstić information content (AvgIpc) is 2.38. The zero-order valence-corrected chi connectivity index (χ0v) is 10.4. The third kappa shape index (κ3) is 3.46. The van der Waals surface area contributed by atoms with Gasteiger partial charge in [0.15, 0.2) is 0 Å². The summed E-state index contributed by atoms with van der Waals surface area (Å²) in [5, 5.41) is 5.15. The smallest absolute Gasteiger partial charge is 0.253 e. The van der Waals surface area contributed by atoms with E-state index in [2.05, 4.69) is 10.6 Å². The minimum atomic E-state index is -0.294. The molecule has 1 aromatic rings. The molecule has 0 atom stereocenters. The standard InChI is InChI=1S/C12H17N3O3/c1-14-12(17)9-7-8(18-2)3-4-10(9)15-11(16)5-6-13/h3-4,7H,5-6,13H2,1-2H3,(H,14,17)(H,15,16). The Morgan fingerprint density at radius 2 is 2.11 bits per heavy atom. The minimum absolute atomic E-state index is 0.208. The lowest BCUT2D eigenvalue weighted by Crippen LogP contribution is -2.22. The highest BCUT2D eigenvalue weighted by molar-refractivity contribution is 6.04. The lowest BCUT2D eigenvalue weighted by atomic mass is 10.1. The quantitative estimate of drug-likeness (QED) is 0.703. The lowest BCUT2D eigenvalue weighted by Gasteiger charge is -2.11. The average molecular weight is 251 g/mol. The fourth-order valence-electron chi connectivity index (χ4n) is 1.43. The first-order chi connectivity index (χ1) is 8.62. The van der Waals surface area contributed by atoms with E-state index in [1.54, 1.807) is 18.2 Å². The molecule has 0 saturated heterocycles. The summed E-state index contributed by atoms with van der Waals surface area (Å²) in [5.41, 5.74) is 6.08. The lowest BCUT2D eigenvalue weighted by molar-refractivity contribution is -0.116. The van der Waals surface area contributed by atoms with Gasteiger partial charge < -0.3 is 21.1 Å². The zero-order valence-electron chi connectivity index (χ0n) is 10.4. The molecular formula is C12H17N3O3. The van der Waals surface area contributed by atoms with Crippen molar-refractivity contribution < 1.29 is 14.3 Å². The number of methoxy groups -OCH3 is 1. The third-order valence-electron chi connectivity index (χ3n) is 2.34. The van der Waals surface area contributed by atoms with E-state index in [4.69, 9.17) is 10.5 Å². The largest absolute Gasteiger partial charge is 0.497 e. The van der Waals surface area contributed by atoms with Gasteiger partial charge >= 0.3 is 0 Å². The van der Waals surface area contributed by atoms with Crippen LogP contribution in [0, 0.1) is 0 Å². The molecule has 1 rings (SSSR count). The second kappa shape index (κ2) is 6.61. The van der Waals surface area contributed by atoms with Gasteiger partial charge in [0.25, 0.3) is 5.91 Å². The molecule has 98 valence electrons. The zero-order chi connectivity index (χ0) is 13.5. The monoisotopic (exact) mass is 251 g/mol. The summed E-state index contributed by atoms with van der Waals surface area (Å²) >= 11 is 0. The van der Waals surface area contributed by atoms with Gasteiger partial charge in [0.05, 0.1) is 18.4 Å². The van der Waals surface area contributed by atoms with Crippen molar-refractivity contribution in [3.8, 4) is 5.75 Å². The maximum Gasteiger partial charge on any atom is 0.253 e. The molecule has 0 radical (unpaired) electrons. The van der Waals surface area contributed by atoms with E-state index in [0.717, 1.165) is 0 Å². The summed E-state index contributed by atoms with van der Waals surface area (Å²) in [4.78, 5) is 23.2. The summed E-state index contributed by atoms with van der Waals surface area (Å²) in [6.07, 6.45) is 0.208. The van der Waals surface area contributed by atoms with Crippen molar-refractivity contribution in [3.05, 3.63) is 23.8 Å². The molecule has 0 aromatic heterocycles. The summed E-state index contributed by atoms with van der Waals surface area (Å²) in [7, 11) is 3.03. The van der Waals surface area contributed by atoms with Crippen LogP contribution >= 0.6 is 0 Å². The van der Waals surface area contributed by atoms with Crippen molar-refractivity contribution in [1.29, 1.82) is 0 Å². The second-order valence-electron chi connectivity index (χ2n) is 3.58. The minimum Gasteiger partial charge on any atom is -0.497 e. The van der Waals surface area contributed by atoms with Crippen molar-refractivity contribution in [2.45, 2.75) is 6.42 Å². The molecule has 1 aromatic carbocycles. The first-order valence-corrected chi connectivity index (χ1v) is 5.52. The van der Waals surface area contributed by atoms with Crippen LogP contribution in [-0.2, 0) is 4.79 Å². The number of ether oxygens (including phenoxy) is 1. The van der Waals surface area contributed by atoms with E-state index in [0.29, 0.717) is 17.0 Å². The number of hydrogen-bond acceptors (Lipinski definition) is 4. The van der Waals surface area contributed by atoms with Gasteiger partial charge in [-0.15, -0.1) is 0 Å². The van der Waals surface area contributed by atoms with Gasteiger partial charge in [-0.1, -0.05) is 0 Å². The molecule has 0 aliphatic carbocycles. The van der Waals surface area contributed by atoms with Gasteiger partial charge in [-0.05, 0) is 18.2 Å². The van der Waals surface area contributed by atoms with E-state index >= 15 is 0 Å². The molecule has 0 unspecified atom stereocenters. The fourth-order valence-corrected chi connectivity index (χ4v) is 1.43. The van der Waals surface area contributed by atoms with Crippen LogP contribution in [0.5, 0.6) is 5.75 Å². The maximum atomic E-state index is 11.7. The van der Waals surface area contributed by atoms with Gasteiger partial charge in [-0.3, -0.25) is 9.59 Å². The Hall–Kier alpha value is -2.08. The fraction of sp³-hybridized carbons (Fsp3) is 0.333. The summed E-state index contributed by atoms with van der Waals surface area (Å²) < 4.78 is 5.04. The first-order valence-electron chi connectivity index (χ1n) is 5.52. The van der Waals surface area contributed by atoms with E-state index in [1.807, 2.05) is 0 Å². The topological polar surface area (TPSA) is 93.5 Å². The maximum absolute atomic E-state index is 11.7. The van der Waals surface area contributed by atoms with Crippen molar-refractivity contribution in [1.82, 2.24) is 5.32 Å². The molecule has 0 aliphatic heterocycles. The van der Waals surface area contributed by atoms with Crippen molar-refractivity contribution in [2.75, 3.05) is 26.0 Å². The Labute approximate surface area is 105 Å². The third-order valence-corrected chi connectivity index (χ3v) is 2.34. The van der Waals surface area contributed by atoms with Crippen molar-refractivity contribution >= 4 is 17.5 Å². The molecule has 0 fully saturated rings. The normalized spacial score (nSPS) is 9.72. The number of hydrogen-bond donors (Lipinski definition) is 3. The van der Waals surface area contributed by atoms with Crippen LogP contribution in [0.15, 0.2) is 18.2 Å². The molecular weight excluding hydrogens is 234 g/mol. The number of benzene rings is 1. The highest BCUT2D eigenvalue weighted by atomic mass is 16.5. The molecule has 0 saturated carbocycles. The highest BCUT2D eigenvalue weighted by Gasteiger charge is 2.13. The predicted molar refractivity (Wildman–Crippen MR) is 68.7 cm³/mol. The molecule has 18 heavy (non-hydrogen) atoms. The number of rotatable bonds is 5. The van der Waals surface area contributed by atoms with Crippen molar-refractivity contribution in [3.63, 3.8) is 0 Å². The Kier molecular flexibility index (Phi) is 5.13. The summed E-state index contributed by atoms with van der Waals surface area (Å²) in [6, 6.07) is 4.86. The molecule has 4 N–H and O–H groups in total. The predicted octanol–water partition coefficient (Wildman–Crippen LogP) is 0.342. The Bertz CT molecular complexity index is 446. The Morgan fingerprint density at radius 3 is 2.67 bits per heavy atom. The van der Waals surface area contributed by atoms with Crippen LogP contribution in [0.4, 0.5) is 5.69 Å². The van der Waals surface area contributed by atoms with Gasteiger partial charge in [0.1, 0.15) is 5.75 Å². The Morgan fingerprint density at radius 1 is 1.39 bits per heavy atom. The van der Waals surface area contributed by atoms with Crippen LogP contribution in [0.3, 0.4) is 0 Å². The van der Waals surface area contributed by atoms with Crippen LogP contribution in [-0.4, -0.2) is 32.5 Å². The number of carbonyl (C=O) groups is 2. The van der Waals surface area contributed by atoms with Crippen LogP contribution in [0.2, 0.25) is 0 Å². The van der Waals surface area contributed by atoms with Gasteiger partial charge in [0, 0.05) is 20.0 Å². The van der Waals surface area contributed by atoms with Crippen LogP contribution in [0.25, 0.3) is 0 Å².